The molecule has 0 fully saturated rings. The zero-order chi connectivity index (χ0) is 17.2. The Hall–Kier alpha value is -2.96. The molecule has 0 spiro atoms. The van der Waals surface area contributed by atoms with Crippen molar-refractivity contribution in [3.8, 4) is 0 Å². The molecule has 0 saturated heterocycles. The number of aromatic nitrogens is 8. The molecule has 2 rings (SSSR count). The molecule has 2 aromatic rings. The summed E-state index contributed by atoms with van der Waals surface area (Å²) < 4.78 is 0. The normalized spacial score (nSPS) is 10.8. The Morgan fingerprint density at radius 1 is 0.917 bits per heavy atom. The summed E-state index contributed by atoms with van der Waals surface area (Å²) in [6.07, 6.45) is 0.179. The van der Waals surface area contributed by atoms with Gasteiger partial charge >= 0.3 is 0 Å². The molecule has 13 heteroatoms. The van der Waals surface area contributed by atoms with Crippen LogP contribution in [-0.2, 0) is 22.4 Å². The van der Waals surface area contributed by atoms with Gasteiger partial charge in [-0.1, -0.05) is 10.4 Å². The van der Waals surface area contributed by atoms with Gasteiger partial charge in [-0.05, 0) is 7.05 Å². The monoisotopic (exact) mass is 337 g/mol. The first-order valence-electron chi connectivity index (χ1n) is 7.30. The highest BCUT2D eigenvalue weighted by Crippen LogP contribution is 1.87. The van der Waals surface area contributed by atoms with Gasteiger partial charge in [0.15, 0.2) is 11.6 Å². The number of amides is 2. The summed E-state index contributed by atoms with van der Waals surface area (Å²) in [7, 11) is 1.90. The van der Waals surface area contributed by atoms with Crippen molar-refractivity contribution in [1.29, 1.82) is 0 Å². The molecule has 0 radical (unpaired) electrons. The molecular formula is C11H19N11O2. The van der Waals surface area contributed by atoms with Gasteiger partial charge < -0.3 is 15.5 Å². The van der Waals surface area contributed by atoms with Crippen molar-refractivity contribution in [2.45, 2.75) is 12.8 Å². The molecular weight excluding hydrogens is 318 g/mol. The molecule has 24 heavy (non-hydrogen) atoms. The van der Waals surface area contributed by atoms with Crippen LogP contribution in [0, 0.1) is 0 Å². The van der Waals surface area contributed by atoms with Crippen molar-refractivity contribution in [2.24, 2.45) is 0 Å². The van der Waals surface area contributed by atoms with Crippen molar-refractivity contribution in [2.75, 3.05) is 33.2 Å². The summed E-state index contributed by atoms with van der Waals surface area (Å²) in [6, 6.07) is 0. The van der Waals surface area contributed by atoms with E-state index < -0.39 is 0 Å². The zero-order valence-corrected chi connectivity index (χ0v) is 13.2. The van der Waals surface area contributed by atoms with Crippen molar-refractivity contribution in [1.82, 2.24) is 56.8 Å². The molecule has 2 heterocycles. The number of rotatable bonds is 10. The Labute approximate surface area is 137 Å². The van der Waals surface area contributed by atoms with Crippen molar-refractivity contribution >= 4 is 11.8 Å². The van der Waals surface area contributed by atoms with E-state index in [1.807, 2.05) is 11.9 Å². The van der Waals surface area contributed by atoms with Crippen LogP contribution in [0.1, 0.15) is 11.6 Å². The highest BCUT2D eigenvalue weighted by molar-refractivity contribution is 5.78. The topological polar surface area (TPSA) is 170 Å². The first kappa shape index (κ1) is 17.4. The lowest BCUT2D eigenvalue weighted by molar-refractivity contribution is -0.121. The Morgan fingerprint density at radius 2 is 1.38 bits per heavy atom. The second-order valence-electron chi connectivity index (χ2n) is 5.01. The predicted octanol–water partition coefficient (Wildman–Crippen LogP) is -3.34. The third kappa shape index (κ3) is 6.43. The Balaban J connectivity index is 1.51. The second-order valence-corrected chi connectivity index (χ2v) is 5.01. The van der Waals surface area contributed by atoms with E-state index in [-0.39, 0.29) is 24.7 Å². The van der Waals surface area contributed by atoms with Gasteiger partial charge in [-0.3, -0.25) is 9.59 Å². The number of tetrazole rings is 2. The lowest BCUT2D eigenvalue weighted by Crippen LogP contribution is -2.38. The number of nitrogens with one attached hydrogen (secondary N) is 4. The van der Waals surface area contributed by atoms with E-state index in [4.69, 9.17) is 0 Å². The maximum absolute atomic E-state index is 11.6. The third-order valence-corrected chi connectivity index (χ3v) is 3.05. The molecule has 4 N–H and O–H groups in total. The van der Waals surface area contributed by atoms with Crippen LogP contribution in [0.5, 0.6) is 0 Å². The number of hydrogen-bond acceptors (Lipinski definition) is 9. The van der Waals surface area contributed by atoms with Gasteiger partial charge in [-0.2, -0.15) is 10.4 Å². The van der Waals surface area contributed by atoms with Gasteiger partial charge in [0.1, 0.15) is 0 Å². The van der Waals surface area contributed by atoms with Gasteiger partial charge in [0.2, 0.25) is 11.8 Å². The number of nitrogens with zero attached hydrogens (tertiary/aromatic N) is 7. The number of carbonyl (C=O) groups excluding carboxylic acids is 2. The van der Waals surface area contributed by atoms with Gasteiger partial charge in [-0.25, -0.2) is 0 Å². The second kappa shape index (κ2) is 9.24. The minimum absolute atomic E-state index is 0.0896. The Kier molecular flexibility index (Phi) is 6.70. The van der Waals surface area contributed by atoms with Crippen LogP contribution < -0.4 is 10.6 Å². The zero-order valence-electron chi connectivity index (χ0n) is 13.2. The van der Waals surface area contributed by atoms with Crippen LogP contribution in [0.2, 0.25) is 0 Å². The number of aromatic amines is 2. The quantitative estimate of drug-likeness (QED) is 0.346. The van der Waals surface area contributed by atoms with Crippen LogP contribution in [0.25, 0.3) is 0 Å². The van der Waals surface area contributed by atoms with Gasteiger partial charge in [-0.15, -0.1) is 20.4 Å². The summed E-state index contributed by atoms with van der Waals surface area (Å²) in [5, 5.41) is 31.7. The van der Waals surface area contributed by atoms with E-state index in [1.165, 1.54) is 0 Å². The number of likely N-dealkylation sites (N-methyl/N-ethyl adjacent to an activating group) is 1. The van der Waals surface area contributed by atoms with E-state index in [0.717, 1.165) is 0 Å². The minimum Gasteiger partial charge on any atom is -0.354 e. The highest BCUT2D eigenvalue weighted by Gasteiger charge is 2.08. The van der Waals surface area contributed by atoms with Crippen molar-refractivity contribution in [3.05, 3.63) is 11.6 Å². The van der Waals surface area contributed by atoms with E-state index in [2.05, 4.69) is 51.9 Å². The molecule has 0 atom stereocenters. The van der Waals surface area contributed by atoms with Gasteiger partial charge in [0.25, 0.3) is 0 Å². The predicted molar refractivity (Wildman–Crippen MR) is 79.3 cm³/mol. The molecule has 0 aliphatic rings. The molecule has 130 valence electrons. The fraction of sp³-hybridized carbons (Fsp3) is 0.636. The average Bonchev–Trinajstić information content (AvgIpc) is 3.21. The van der Waals surface area contributed by atoms with E-state index in [9.17, 15) is 9.59 Å². The lowest BCUT2D eigenvalue weighted by atomic mass is 10.3. The maximum Gasteiger partial charge on any atom is 0.227 e. The molecule has 0 aliphatic carbocycles. The van der Waals surface area contributed by atoms with Crippen LogP contribution >= 0.6 is 0 Å². The lowest BCUT2D eigenvalue weighted by Gasteiger charge is -2.17. The first-order valence-corrected chi connectivity index (χ1v) is 7.30. The standard InChI is InChI=1S/C11H19N11O2/c1-22(4-2-12-10(23)6-8-14-18-19-15-8)5-3-13-11(24)7-9-16-20-21-17-9/h2-7H2,1H3,(H,12,23)(H,13,24)(H,14,15,18,19)(H,16,17,20,21). The van der Waals surface area contributed by atoms with Crippen molar-refractivity contribution < 1.29 is 9.59 Å². The maximum atomic E-state index is 11.6. The van der Waals surface area contributed by atoms with Crippen LogP contribution in [-0.4, -0.2) is 91.2 Å². The largest absolute Gasteiger partial charge is 0.354 e. The van der Waals surface area contributed by atoms with E-state index in [1.54, 1.807) is 0 Å². The molecule has 0 aromatic carbocycles. The third-order valence-electron chi connectivity index (χ3n) is 3.05. The van der Waals surface area contributed by atoms with Crippen LogP contribution in [0.3, 0.4) is 0 Å². The van der Waals surface area contributed by atoms with Crippen LogP contribution in [0.4, 0.5) is 0 Å². The van der Waals surface area contributed by atoms with E-state index in [0.29, 0.717) is 37.8 Å². The average molecular weight is 337 g/mol. The fourth-order valence-electron chi connectivity index (χ4n) is 1.81. The summed E-state index contributed by atoms with van der Waals surface area (Å²) in [4.78, 5) is 25.2. The smallest absolute Gasteiger partial charge is 0.227 e. The van der Waals surface area contributed by atoms with Gasteiger partial charge in [0, 0.05) is 26.2 Å². The molecule has 2 amide bonds. The van der Waals surface area contributed by atoms with E-state index >= 15 is 0 Å². The highest BCUT2D eigenvalue weighted by atomic mass is 16.2. The summed E-state index contributed by atoms with van der Waals surface area (Å²) in [5.41, 5.74) is 0. The Morgan fingerprint density at radius 3 is 1.75 bits per heavy atom. The molecule has 0 unspecified atom stereocenters. The summed E-state index contributed by atoms with van der Waals surface area (Å²) in [5.74, 6) is 0.367. The number of hydrogen-bond donors (Lipinski definition) is 4. The molecule has 2 aromatic heterocycles. The van der Waals surface area contributed by atoms with Crippen LogP contribution in [0.15, 0.2) is 0 Å². The van der Waals surface area contributed by atoms with Crippen molar-refractivity contribution in [3.63, 3.8) is 0 Å². The first-order chi connectivity index (χ1) is 11.6. The molecule has 0 saturated carbocycles. The SMILES string of the molecule is CN(CCNC(=O)Cc1nn[nH]n1)CCNC(=O)Cc1nn[nH]n1. The Bertz CT molecular complexity index is 558. The summed E-state index contributed by atoms with van der Waals surface area (Å²) >= 11 is 0. The molecule has 0 aliphatic heterocycles. The minimum atomic E-state index is -0.168. The summed E-state index contributed by atoms with van der Waals surface area (Å²) in [6.45, 7) is 2.28. The molecule has 13 nitrogen and oxygen atoms in total. The molecule has 0 bridgehead atoms. The number of H-pyrrole nitrogens is 2. The number of carbonyl (C=O) groups is 2. The fourth-order valence-corrected chi connectivity index (χ4v) is 1.81. The van der Waals surface area contributed by atoms with Gasteiger partial charge in [0.05, 0.1) is 12.8 Å².